The van der Waals surface area contributed by atoms with Crippen LogP contribution in [0, 0.1) is 24.0 Å². The van der Waals surface area contributed by atoms with Crippen LogP contribution in [0.4, 0.5) is 5.00 Å². The third kappa shape index (κ3) is 4.15. The van der Waals surface area contributed by atoms with Gasteiger partial charge in [-0.15, -0.1) is 0 Å². The number of aromatic nitrogens is 1. The zero-order valence-corrected chi connectivity index (χ0v) is 17.6. The topological polar surface area (TPSA) is 110 Å². The van der Waals surface area contributed by atoms with E-state index in [0.29, 0.717) is 23.6 Å². The van der Waals surface area contributed by atoms with E-state index in [9.17, 15) is 19.7 Å². The summed E-state index contributed by atoms with van der Waals surface area (Å²) in [5, 5.41) is 11.9. The maximum Gasteiger partial charge on any atom is 0.339 e. The fourth-order valence-electron chi connectivity index (χ4n) is 3.37. The Morgan fingerprint density at radius 3 is 2.71 bits per heavy atom. The van der Waals surface area contributed by atoms with Gasteiger partial charge in [0.05, 0.1) is 10.5 Å². The standard InChI is InChI=1S/C21H18N2O7S/c1-12-5-16(17(24)9-28-21(25)15-7-20(23(26)27)31-10-15)13(2)22(12)8-14-3-4-18-19(6-14)30-11-29-18/h3-7,10H,8-9,11H2,1-2H3. The van der Waals surface area contributed by atoms with E-state index in [-0.39, 0.29) is 23.1 Å². The molecule has 0 radical (unpaired) electrons. The van der Waals surface area contributed by atoms with E-state index in [2.05, 4.69) is 0 Å². The number of rotatable bonds is 7. The lowest BCUT2D eigenvalue weighted by molar-refractivity contribution is -0.380. The van der Waals surface area contributed by atoms with Gasteiger partial charge in [-0.3, -0.25) is 14.9 Å². The van der Waals surface area contributed by atoms with Crippen molar-refractivity contribution in [1.82, 2.24) is 4.57 Å². The molecule has 3 aromatic rings. The largest absolute Gasteiger partial charge is 0.454 e. The molecular weight excluding hydrogens is 424 g/mol. The van der Waals surface area contributed by atoms with Gasteiger partial charge in [-0.2, -0.15) is 0 Å². The van der Waals surface area contributed by atoms with Gasteiger partial charge in [0.25, 0.3) is 0 Å². The third-order valence-electron chi connectivity index (χ3n) is 4.99. The Labute approximate surface area is 180 Å². The normalized spacial score (nSPS) is 12.1. The van der Waals surface area contributed by atoms with Crippen LogP contribution < -0.4 is 9.47 Å². The minimum Gasteiger partial charge on any atom is -0.454 e. The third-order valence-corrected chi connectivity index (χ3v) is 5.87. The molecule has 160 valence electrons. The molecule has 9 nitrogen and oxygen atoms in total. The van der Waals surface area contributed by atoms with Gasteiger partial charge in [-0.1, -0.05) is 17.4 Å². The molecule has 0 amide bonds. The van der Waals surface area contributed by atoms with Crippen LogP contribution in [0.15, 0.2) is 35.7 Å². The SMILES string of the molecule is Cc1cc(C(=O)COC(=O)c2csc([N+](=O)[O-])c2)c(C)n1Cc1ccc2c(c1)OCO2. The quantitative estimate of drug-likeness (QED) is 0.236. The molecule has 1 aliphatic rings. The number of carbonyl (C=O) groups excluding carboxylic acids is 2. The van der Waals surface area contributed by atoms with Crippen molar-refractivity contribution in [3.8, 4) is 11.5 Å². The Morgan fingerprint density at radius 1 is 1.19 bits per heavy atom. The van der Waals surface area contributed by atoms with E-state index in [4.69, 9.17) is 14.2 Å². The molecule has 0 bridgehead atoms. The number of fused-ring (bicyclic) bond motifs is 1. The highest BCUT2D eigenvalue weighted by Gasteiger charge is 2.21. The molecule has 0 saturated carbocycles. The van der Waals surface area contributed by atoms with Crippen LogP contribution in [0.2, 0.25) is 0 Å². The van der Waals surface area contributed by atoms with Gasteiger partial charge in [0.2, 0.25) is 12.6 Å². The number of aryl methyl sites for hydroxylation is 1. The van der Waals surface area contributed by atoms with Gasteiger partial charge >= 0.3 is 11.0 Å². The number of nitrogens with zero attached hydrogens (tertiary/aromatic N) is 2. The van der Waals surface area contributed by atoms with Crippen LogP contribution in [0.1, 0.15) is 37.7 Å². The maximum atomic E-state index is 12.7. The van der Waals surface area contributed by atoms with Crippen LogP contribution in [0.25, 0.3) is 0 Å². The summed E-state index contributed by atoms with van der Waals surface area (Å²) in [6, 6.07) is 8.59. The summed E-state index contributed by atoms with van der Waals surface area (Å²) in [7, 11) is 0. The number of ether oxygens (including phenoxy) is 3. The van der Waals surface area contributed by atoms with E-state index in [0.717, 1.165) is 34.4 Å². The fraction of sp³-hybridized carbons (Fsp3) is 0.238. The van der Waals surface area contributed by atoms with Crippen molar-refractivity contribution in [3.05, 3.63) is 73.9 Å². The van der Waals surface area contributed by atoms with Crippen LogP contribution in [-0.4, -0.2) is 34.6 Å². The van der Waals surface area contributed by atoms with E-state index in [1.54, 1.807) is 6.07 Å². The molecule has 1 aromatic carbocycles. The molecule has 0 N–H and O–H groups in total. The smallest absolute Gasteiger partial charge is 0.339 e. The van der Waals surface area contributed by atoms with Crippen LogP contribution in [0.5, 0.6) is 11.5 Å². The van der Waals surface area contributed by atoms with Crippen molar-refractivity contribution in [1.29, 1.82) is 0 Å². The number of hydrogen-bond donors (Lipinski definition) is 0. The lowest BCUT2D eigenvalue weighted by Crippen LogP contribution is -2.15. The van der Waals surface area contributed by atoms with E-state index in [1.165, 1.54) is 5.38 Å². The Morgan fingerprint density at radius 2 is 1.97 bits per heavy atom. The molecule has 0 atom stereocenters. The number of thiophene rings is 1. The summed E-state index contributed by atoms with van der Waals surface area (Å²) in [4.78, 5) is 34.9. The van der Waals surface area contributed by atoms with Crippen molar-refractivity contribution in [2.24, 2.45) is 0 Å². The molecule has 0 unspecified atom stereocenters. The van der Waals surface area contributed by atoms with E-state index < -0.39 is 17.5 Å². The van der Waals surface area contributed by atoms with Gasteiger partial charge in [-0.05, 0) is 37.6 Å². The highest BCUT2D eigenvalue weighted by Crippen LogP contribution is 2.33. The van der Waals surface area contributed by atoms with E-state index >= 15 is 0 Å². The lowest BCUT2D eigenvalue weighted by atomic mass is 10.1. The highest BCUT2D eigenvalue weighted by atomic mass is 32.1. The highest BCUT2D eigenvalue weighted by molar-refractivity contribution is 7.13. The number of carbonyl (C=O) groups is 2. The molecule has 2 aromatic heterocycles. The fourth-order valence-corrected chi connectivity index (χ4v) is 4.06. The Hall–Kier alpha value is -3.66. The first-order chi connectivity index (χ1) is 14.8. The second kappa shape index (κ2) is 8.23. The van der Waals surface area contributed by atoms with Gasteiger partial charge in [0.15, 0.2) is 18.1 Å². The lowest BCUT2D eigenvalue weighted by Gasteiger charge is -2.11. The number of nitro groups is 1. The number of Topliss-reactive ketones (excluding diaryl/α,β-unsaturated/α-hetero) is 1. The molecule has 4 rings (SSSR count). The van der Waals surface area contributed by atoms with Crippen LogP contribution >= 0.6 is 11.3 Å². The molecule has 3 heterocycles. The first-order valence-electron chi connectivity index (χ1n) is 9.32. The van der Waals surface area contributed by atoms with Crippen LogP contribution in [0.3, 0.4) is 0 Å². The van der Waals surface area contributed by atoms with Gasteiger partial charge in [0, 0.05) is 34.9 Å². The van der Waals surface area contributed by atoms with Crippen molar-refractivity contribution < 1.29 is 28.7 Å². The molecule has 0 fully saturated rings. The summed E-state index contributed by atoms with van der Waals surface area (Å²) in [6.07, 6.45) is 0. The van der Waals surface area contributed by atoms with Gasteiger partial charge in [-0.25, -0.2) is 4.79 Å². The minimum atomic E-state index is -0.771. The van der Waals surface area contributed by atoms with Crippen LogP contribution in [-0.2, 0) is 11.3 Å². The summed E-state index contributed by atoms with van der Waals surface area (Å²) >= 11 is 0.828. The minimum absolute atomic E-state index is 0.0535. The first-order valence-corrected chi connectivity index (χ1v) is 10.2. The Balaban J connectivity index is 1.44. The predicted octanol–water partition coefficient (Wildman–Crippen LogP) is 3.89. The van der Waals surface area contributed by atoms with Gasteiger partial charge < -0.3 is 18.8 Å². The molecular formula is C21H18N2O7S. The average Bonchev–Trinajstić information content (AvgIpc) is 3.47. The Bertz CT molecular complexity index is 1190. The van der Waals surface area contributed by atoms with Crippen molar-refractivity contribution >= 4 is 28.1 Å². The predicted molar refractivity (Wildman–Crippen MR) is 111 cm³/mol. The zero-order valence-electron chi connectivity index (χ0n) is 16.7. The molecule has 31 heavy (non-hydrogen) atoms. The number of ketones is 1. The maximum absolute atomic E-state index is 12.7. The summed E-state index contributed by atoms with van der Waals surface area (Å²) in [5.41, 5.74) is 3.15. The molecule has 0 spiro atoms. The molecule has 0 aliphatic carbocycles. The van der Waals surface area contributed by atoms with Crippen molar-refractivity contribution in [2.45, 2.75) is 20.4 Å². The number of hydrogen-bond acceptors (Lipinski definition) is 8. The van der Waals surface area contributed by atoms with Crippen molar-refractivity contribution in [3.63, 3.8) is 0 Å². The summed E-state index contributed by atoms with van der Waals surface area (Å²) in [6.45, 7) is 4.03. The van der Waals surface area contributed by atoms with E-state index in [1.807, 2.05) is 36.6 Å². The van der Waals surface area contributed by atoms with Crippen molar-refractivity contribution in [2.75, 3.05) is 13.4 Å². The number of esters is 1. The second-order valence-corrected chi connectivity index (χ2v) is 7.88. The molecule has 1 aliphatic heterocycles. The molecule has 0 saturated heterocycles. The second-order valence-electron chi connectivity index (χ2n) is 6.99. The monoisotopic (exact) mass is 442 g/mol. The average molecular weight is 442 g/mol. The summed E-state index contributed by atoms with van der Waals surface area (Å²) in [5.74, 6) is 0.283. The van der Waals surface area contributed by atoms with Gasteiger partial charge in [0.1, 0.15) is 0 Å². The zero-order chi connectivity index (χ0) is 22.1. The summed E-state index contributed by atoms with van der Waals surface area (Å²) < 4.78 is 17.8. The molecule has 10 heteroatoms. The Kier molecular flexibility index (Phi) is 5.47. The number of benzene rings is 1. The first kappa shape index (κ1) is 20.6.